The number of carbonyl (C=O) groups excluding carboxylic acids is 1. The van der Waals surface area contributed by atoms with E-state index < -0.39 is 0 Å². The molecule has 0 aliphatic rings. The summed E-state index contributed by atoms with van der Waals surface area (Å²) in [6.07, 6.45) is 3.21. The number of nitrogens with one attached hydrogen (secondary N) is 1. The lowest BCUT2D eigenvalue weighted by Crippen LogP contribution is -2.19. The molecule has 1 amide bonds. The van der Waals surface area contributed by atoms with E-state index in [1.807, 2.05) is 18.2 Å². The van der Waals surface area contributed by atoms with Crippen molar-refractivity contribution in [3.05, 3.63) is 46.6 Å². The van der Waals surface area contributed by atoms with Crippen molar-refractivity contribution in [1.82, 2.24) is 10.4 Å². The Morgan fingerprint density at radius 1 is 1.33 bits per heavy atom. The zero-order chi connectivity index (χ0) is 17.4. The smallest absolute Gasteiger partial charge is 0.250 e. The van der Waals surface area contributed by atoms with Gasteiger partial charge in [0.15, 0.2) is 0 Å². The van der Waals surface area contributed by atoms with Crippen LogP contribution in [-0.4, -0.2) is 37.1 Å². The summed E-state index contributed by atoms with van der Waals surface area (Å²) in [4.78, 5) is 15.9. The fourth-order valence-corrected chi connectivity index (χ4v) is 2.94. The van der Waals surface area contributed by atoms with E-state index in [-0.39, 0.29) is 11.7 Å². The van der Waals surface area contributed by atoms with Crippen molar-refractivity contribution in [3.63, 3.8) is 0 Å². The highest BCUT2D eigenvalue weighted by atomic mass is 79.9. The molecule has 2 rings (SSSR count). The summed E-state index contributed by atoms with van der Waals surface area (Å²) in [7, 11) is 3.13. The molecule has 0 aliphatic carbocycles. The predicted octanol–water partition coefficient (Wildman–Crippen LogP) is 3.10. The van der Waals surface area contributed by atoms with E-state index in [4.69, 9.17) is 9.47 Å². The topological polar surface area (TPSA) is 72.8 Å². The Balaban J connectivity index is 1.93. The molecule has 0 saturated carbocycles. The van der Waals surface area contributed by atoms with Gasteiger partial charge in [-0.2, -0.15) is 5.10 Å². The van der Waals surface area contributed by atoms with E-state index in [0.717, 1.165) is 9.50 Å². The van der Waals surface area contributed by atoms with Crippen molar-refractivity contribution >= 4 is 39.8 Å². The van der Waals surface area contributed by atoms with Crippen molar-refractivity contribution < 1.29 is 14.3 Å². The fourth-order valence-electron chi connectivity index (χ4n) is 1.76. The Bertz CT molecular complexity index is 726. The Labute approximate surface area is 152 Å². The van der Waals surface area contributed by atoms with Crippen molar-refractivity contribution in [1.29, 1.82) is 0 Å². The minimum absolute atomic E-state index is 0.214. The summed E-state index contributed by atoms with van der Waals surface area (Å²) in [5.41, 5.74) is 3.19. The van der Waals surface area contributed by atoms with E-state index in [1.54, 1.807) is 32.5 Å². The highest BCUT2D eigenvalue weighted by molar-refractivity contribution is 9.10. The molecule has 0 unspecified atom stereocenters. The van der Waals surface area contributed by atoms with Crippen molar-refractivity contribution in [2.45, 2.75) is 5.03 Å². The number of amides is 1. The van der Waals surface area contributed by atoms with Gasteiger partial charge in [0, 0.05) is 17.8 Å². The van der Waals surface area contributed by atoms with E-state index in [1.165, 1.54) is 18.0 Å². The van der Waals surface area contributed by atoms with Crippen LogP contribution in [0.2, 0.25) is 0 Å². The Morgan fingerprint density at radius 3 is 2.79 bits per heavy atom. The molecule has 126 valence electrons. The van der Waals surface area contributed by atoms with Crippen LogP contribution < -0.4 is 14.9 Å². The van der Waals surface area contributed by atoms with Crippen molar-refractivity contribution in [2.75, 3.05) is 20.0 Å². The van der Waals surface area contributed by atoms with Gasteiger partial charge in [-0.1, -0.05) is 17.8 Å². The van der Waals surface area contributed by atoms with Gasteiger partial charge in [0.2, 0.25) is 5.91 Å². The molecule has 0 spiro atoms. The zero-order valence-electron chi connectivity index (χ0n) is 13.2. The maximum atomic E-state index is 11.8. The average molecular weight is 410 g/mol. The fraction of sp³-hybridized carbons (Fsp3) is 0.188. The highest BCUT2D eigenvalue weighted by Crippen LogP contribution is 2.31. The Hall–Kier alpha value is -2.06. The molecule has 0 radical (unpaired) electrons. The number of rotatable bonds is 7. The van der Waals surface area contributed by atoms with Crippen LogP contribution in [0.4, 0.5) is 0 Å². The largest absolute Gasteiger partial charge is 0.496 e. The zero-order valence-corrected chi connectivity index (χ0v) is 15.6. The normalized spacial score (nSPS) is 10.6. The first-order valence-corrected chi connectivity index (χ1v) is 8.69. The molecule has 8 heteroatoms. The van der Waals surface area contributed by atoms with Crippen LogP contribution >= 0.6 is 27.7 Å². The van der Waals surface area contributed by atoms with Gasteiger partial charge in [0.05, 0.1) is 35.7 Å². The summed E-state index contributed by atoms with van der Waals surface area (Å²) < 4.78 is 11.3. The first-order valence-electron chi connectivity index (χ1n) is 6.91. The third-order valence-electron chi connectivity index (χ3n) is 2.89. The average Bonchev–Trinajstić information content (AvgIpc) is 2.61. The molecule has 1 aromatic heterocycles. The second-order valence-electron chi connectivity index (χ2n) is 4.48. The number of carbonyl (C=O) groups is 1. The van der Waals surface area contributed by atoms with E-state index in [0.29, 0.717) is 17.1 Å². The molecule has 1 aromatic carbocycles. The number of ether oxygens (including phenoxy) is 2. The third kappa shape index (κ3) is 5.24. The van der Waals surface area contributed by atoms with Gasteiger partial charge < -0.3 is 9.47 Å². The quantitative estimate of drug-likeness (QED) is 0.432. The van der Waals surface area contributed by atoms with Gasteiger partial charge in [-0.05, 0) is 34.1 Å². The first kappa shape index (κ1) is 18.3. The molecule has 1 heterocycles. The van der Waals surface area contributed by atoms with Gasteiger partial charge in [-0.25, -0.2) is 10.4 Å². The second kappa shape index (κ2) is 9.29. The van der Waals surface area contributed by atoms with E-state index in [9.17, 15) is 4.79 Å². The third-order valence-corrected chi connectivity index (χ3v) is 4.45. The molecule has 0 aliphatic heterocycles. The molecular formula is C16H16BrN3O3S. The van der Waals surface area contributed by atoms with Gasteiger partial charge in [-0.3, -0.25) is 4.79 Å². The summed E-state index contributed by atoms with van der Waals surface area (Å²) in [5, 5.41) is 4.75. The van der Waals surface area contributed by atoms with Gasteiger partial charge >= 0.3 is 0 Å². The lowest BCUT2D eigenvalue weighted by atomic mass is 10.2. The predicted molar refractivity (Wildman–Crippen MR) is 97.9 cm³/mol. The second-order valence-corrected chi connectivity index (χ2v) is 6.33. The van der Waals surface area contributed by atoms with Crippen LogP contribution in [0.1, 0.15) is 5.56 Å². The van der Waals surface area contributed by atoms with Gasteiger partial charge in [0.25, 0.3) is 0 Å². The number of thioether (sulfide) groups is 1. The molecule has 0 saturated heterocycles. The van der Waals surface area contributed by atoms with Crippen LogP contribution in [0.15, 0.2) is 51.1 Å². The van der Waals surface area contributed by atoms with Crippen LogP contribution in [0, 0.1) is 0 Å². The molecule has 24 heavy (non-hydrogen) atoms. The molecule has 1 N–H and O–H groups in total. The SMILES string of the molecule is COc1cc(OC)c(/C=N/NC(=O)CSc2ccccn2)cc1Br. The van der Waals surface area contributed by atoms with Crippen molar-refractivity contribution in [2.24, 2.45) is 5.10 Å². The lowest BCUT2D eigenvalue weighted by Gasteiger charge is -2.09. The Morgan fingerprint density at radius 2 is 2.12 bits per heavy atom. The van der Waals surface area contributed by atoms with Crippen LogP contribution in [-0.2, 0) is 4.79 Å². The summed E-state index contributed by atoms with van der Waals surface area (Å²) in [6.45, 7) is 0. The number of aromatic nitrogens is 1. The molecule has 2 aromatic rings. The summed E-state index contributed by atoms with van der Waals surface area (Å²) >= 11 is 4.75. The van der Waals surface area contributed by atoms with Crippen LogP contribution in [0.5, 0.6) is 11.5 Å². The molecular weight excluding hydrogens is 394 g/mol. The molecule has 0 atom stereocenters. The number of methoxy groups -OCH3 is 2. The molecule has 0 fully saturated rings. The minimum Gasteiger partial charge on any atom is -0.496 e. The monoisotopic (exact) mass is 409 g/mol. The van der Waals surface area contributed by atoms with E-state index in [2.05, 4.69) is 31.4 Å². The highest BCUT2D eigenvalue weighted by Gasteiger charge is 2.08. The van der Waals surface area contributed by atoms with Gasteiger partial charge in [-0.15, -0.1) is 0 Å². The van der Waals surface area contributed by atoms with Crippen molar-refractivity contribution in [3.8, 4) is 11.5 Å². The summed E-state index contributed by atoms with van der Waals surface area (Å²) in [6, 6.07) is 9.09. The minimum atomic E-state index is -0.214. The maximum Gasteiger partial charge on any atom is 0.250 e. The number of nitrogens with zero attached hydrogens (tertiary/aromatic N) is 2. The number of hydrazone groups is 1. The number of hydrogen-bond acceptors (Lipinski definition) is 6. The van der Waals surface area contributed by atoms with Crippen LogP contribution in [0.3, 0.4) is 0 Å². The standard InChI is InChI=1S/C16H16BrN3O3S/c1-22-13-8-14(23-2)12(17)7-11(13)9-19-20-15(21)10-24-16-5-3-4-6-18-16/h3-9H,10H2,1-2H3,(H,20,21)/b19-9+. The number of benzene rings is 1. The number of halogens is 1. The summed E-state index contributed by atoms with van der Waals surface area (Å²) in [5.74, 6) is 1.27. The van der Waals surface area contributed by atoms with E-state index >= 15 is 0 Å². The lowest BCUT2D eigenvalue weighted by molar-refractivity contribution is -0.118. The van der Waals surface area contributed by atoms with Crippen LogP contribution in [0.25, 0.3) is 0 Å². The Kier molecular flexibility index (Phi) is 7.07. The first-order chi connectivity index (χ1) is 11.6. The maximum absolute atomic E-state index is 11.8. The number of pyridine rings is 1. The molecule has 0 bridgehead atoms. The van der Waals surface area contributed by atoms with Gasteiger partial charge in [0.1, 0.15) is 11.5 Å². The molecule has 6 nitrogen and oxygen atoms in total. The number of hydrogen-bond donors (Lipinski definition) is 1.